The lowest BCUT2D eigenvalue weighted by atomic mass is 10.1. The molecule has 2 aromatic carbocycles. The van der Waals surface area contributed by atoms with Crippen molar-refractivity contribution in [2.24, 2.45) is 0 Å². The molecule has 9 heteroatoms. The van der Waals surface area contributed by atoms with Gasteiger partial charge in [-0.25, -0.2) is 17.7 Å². The summed E-state index contributed by atoms with van der Waals surface area (Å²) in [4.78, 5) is 17.1. The average molecular weight is 494 g/mol. The first-order valence-corrected chi connectivity index (χ1v) is 11.9. The molecule has 6 nitrogen and oxygen atoms in total. The molecule has 0 atom stereocenters. The number of hydrogen-bond acceptors (Lipinski definition) is 5. The Morgan fingerprint density at radius 1 is 1.17 bits per heavy atom. The van der Waals surface area contributed by atoms with Gasteiger partial charge in [-0.15, -0.1) is 11.3 Å². The summed E-state index contributed by atoms with van der Waals surface area (Å²) in [5, 5.41) is 5.07. The number of aromatic nitrogens is 1. The maximum atomic E-state index is 12.6. The van der Waals surface area contributed by atoms with Gasteiger partial charge in [0, 0.05) is 35.1 Å². The molecule has 0 spiro atoms. The predicted octanol–water partition coefficient (Wildman–Crippen LogP) is 4.64. The topological polar surface area (TPSA) is 79.4 Å². The summed E-state index contributed by atoms with van der Waals surface area (Å²) in [5.41, 5.74) is 3.23. The zero-order valence-corrected chi connectivity index (χ0v) is 19.4. The van der Waals surface area contributed by atoms with Crippen molar-refractivity contribution >= 4 is 48.3 Å². The molecule has 0 saturated heterocycles. The van der Waals surface area contributed by atoms with Crippen LogP contribution in [-0.4, -0.2) is 37.7 Å². The number of hydrogen-bond donors (Lipinski definition) is 1. The van der Waals surface area contributed by atoms with E-state index < -0.39 is 15.9 Å². The van der Waals surface area contributed by atoms with Crippen LogP contribution >= 0.6 is 27.3 Å². The lowest BCUT2D eigenvalue weighted by molar-refractivity contribution is 0.102. The molecule has 152 valence electrons. The number of amides is 1. The van der Waals surface area contributed by atoms with Gasteiger partial charge < -0.3 is 0 Å². The van der Waals surface area contributed by atoms with Gasteiger partial charge in [0.05, 0.1) is 10.6 Å². The van der Waals surface area contributed by atoms with Crippen LogP contribution in [0.3, 0.4) is 0 Å². The van der Waals surface area contributed by atoms with Gasteiger partial charge in [0.15, 0.2) is 5.13 Å². The fourth-order valence-electron chi connectivity index (χ4n) is 2.58. The van der Waals surface area contributed by atoms with Crippen molar-refractivity contribution in [3.63, 3.8) is 0 Å². The van der Waals surface area contributed by atoms with Crippen LogP contribution in [0.1, 0.15) is 22.8 Å². The van der Waals surface area contributed by atoms with Crippen molar-refractivity contribution in [3.05, 3.63) is 63.4 Å². The fourth-order valence-corrected chi connectivity index (χ4v) is 5.14. The molecule has 29 heavy (non-hydrogen) atoms. The zero-order chi connectivity index (χ0) is 21.2. The van der Waals surface area contributed by atoms with Gasteiger partial charge in [0.1, 0.15) is 0 Å². The van der Waals surface area contributed by atoms with Crippen molar-refractivity contribution in [1.29, 1.82) is 0 Å². The highest BCUT2D eigenvalue weighted by Gasteiger charge is 2.22. The molecule has 3 rings (SSSR count). The summed E-state index contributed by atoms with van der Waals surface area (Å²) in [6.07, 6.45) is 0.970. The van der Waals surface area contributed by atoms with Gasteiger partial charge >= 0.3 is 0 Å². The number of carbonyl (C=O) groups is 1. The average Bonchev–Trinajstić information content (AvgIpc) is 3.16. The number of sulfonamides is 1. The minimum atomic E-state index is -3.68. The van der Waals surface area contributed by atoms with Crippen molar-refractivity contribution in [2.75, 3.05) is 19.4 Å². The summed E-state index contributed by atoms with van der Waals surface area (Å²) < 4.78 is 26.4. The molecule has 1 N–H and O–H groups in total. The fraction of sp³-hybridized carbons (Fsp3) is 0.200. The molecular formula is C20H20BrN3O3S2. The molecule has 0 unspecified atom stereocenters. The lowest BCUT2D eigenvalue weighted by Gasteiger charge is -2.13. The number of rotatable bonds is 6. The molecule has 0 saturated carbocycles. The SMILES string of the molecule is CCc1ccc(-c2csc(NC(=O)c3ccc(Br)c(S(=O)(=O)N(C)C)c3)n2)cc1. The Morgan fingerprint density at radius 3 is 2.48 bits per heavy atom. The standard InChI is InChI=1S/C20H20BrN3O3S2/c1-4-13-5-7-14(8-6-13)17-12-28-20(22-17)23-19(25)15-9-10-16(21)18(11-15)29(26,27)24(2)3/h5-12H,4H2,1-3H3,(H,22,23,25). The number of anilines is 1. The van der Waals surface area contributed by atoms with Gasteiger partial charge in [0.25, 0.3) is 5.91 Å². The van der Waals surface area contributed by atoms with Crippen LogP contribution in [0.2, 0.25) is 0 Å². The lowest BCUT2D eigenvalue weighted by Crippen LogP contribution is -2.23. The van der Waals surface area contributed by atoms with Crippen LogP contribution in [0, 0.1) is 0 Å². The normalized spacial score (nSPS) is 11.6. The van der Waals surface area contributed by atoms with Crippen LogP contribution in [0.25, 0.3) is 11.3 Å². The van der Waals surface area contributed by atoms with E-state index in [4.69, 9.17) is 0 Å². The molecule has 0 bridgehead atoms. The predicted molar refractivity (Wildman–Crippen MR) is 120 cm³/mol. The number of carbonyl (C=O) groups excluding carboxylic acids is 1. The first-order valence-electron chi connectivity index (χ1n) is 8.80. The quantitative estimate of drug-likeness (QED) is 0.542. The number of aryl methyl sites for hydroxylation is 1. The molecule has 0 aliphatic rings. The van der Waals surface area contributed by atoms with Crippen LogP contribution < -0.4 is 5.32 Å². The highest BCUT2D eigenvalue weighted by Crippen LogP contribution is 2.28. The molecule has 3 aromatic rings. The summed E-state index contributed by atoms with van der Waals surface area (Å²) in [7, 11) is -0.795. The zero-order valence-electron chi connectivity index (χ0n) is 16.1. The van der Waals surface area contributed by atoms with Crippen LogP contribution in [-0.2, 0) is 16.4 Å². The van der Waals surface area contributed by atoms with Gasteiger partial charge in [0.2, 0.25) is 10.0 Å². The molecule has 1 aromatic heterocycles. The number of benzene rings is 2. The highest BCUT2D eigenvalue weighted by molar-refractivity contribution is 9.10. The van der Waals surface area contributed by atoms with E-state index in [1.807, 2.05) is 17.5 Å². The third kappa shape index (κ3) is 4.75. The number of halogens is 1. The Labute approximate surface area is 182 Å². The van der Waals surface area contributed by atoms with Gasteiger partial charge in [-0.1, -0.05) is 31.2 Å². The first-order chi connectivity index (χ1) is 13.7. The summed E-state index contributed by atoms with van der Waals surface area (Å²) in [6.45, 7) is 2.10. The molecule has 0 aliphatic carbocycles. The molecule has 1 amide bonds. The third-order valence-electron chi connectivity index (χ3n) is 4.33. The second kappa shape index (κ2) is 8.74. The molecule has 0 fully saturated rings. The van der Waals surface area contributed by atoms with Gasteiger partial charge in [-0.2, -0.15) is 0 Å². The highest BCUT2D eigenvalue weighted by atomic mass is 79.9. The van der Waals surface area contributed by atoms with E-state index >= 15 is 0 Å². The van der Waals surface area contributed by atoms with Crippen LogP contribution in [0.5, 0.6) is 0 Å². The summed E-state index contributed by atoms with van der Waals surface area (Å²) in [6, 6.07) is 12.6. The maximum absolute atomic E-state index is 12.6. The molecule has 1 heterocycles. The number of nitrogens with zero attached hydrogens (tertiary/aromatic N) is 2. The second-order valence-corrected chi connectivity index (χ2v) is 10.3. The monoisotopic (exact) mass is 493 g/mol. The minimum Gasteiger partial charge on any atom is -0.298 e. The largest absolute Gasteiger partial charge is 0.298 e. The van der Waals surface area contributed by atoms with Crippen LogP contribution in [0.4, 0.5) is 5.13 Å². The maximum Gasteiger partial charge on any atom is 0.257 e. The number of thiazole rings is 1. The minimum absolute atomic E-state index is 0.0333. The van der Waals surface area contributed by atoms with Gasteiger partial charge in [-0.3, -0.25) is 10.1 Å². The summed E-state index contributed by atoms with van der Waals surface area (Å²) >= 11 is 4.56. The molecule has 0 aliphatic heterocycles. The Hall–Kier alpha value is -2.07. The smallest absolute Gasteiger partial charge is 0.257 e. The van der Waals surface area contributed by atoms with E-state index in [-0.39, 0.29) is 10.5 Å². The summed E-state index contributed by atoms with van der Waals surface area (Å²) in [5.74, 6) is -0.421. The first kappa shape index (κ1) is 21.6. The van der Waals surface area contributed by atoms with E-state index in [2.05, 4.69) is 45.3 Å². The Morgan fingerprint density at radius 2 is 1.86 bits per heavy atom. The van der Waals surface area contributed by atoms with E-state index in [0.717, 1.165) is 22.0 Å². The van der Waals surface area contributed by atoms with E-state index in [1.165, 1.54) is 37.1 Å². The Kier molecular flexibility index (Phi) is 6.52. The Bertz CT molecular complexity index is 1140. The van der Waals surface area contributed by atoms with E-state index in [9.17, 15) is 13.2 Å². The van der Waals surface area contributed by atoms with Crippen molar-refractivity contribution in [1.82, 2.24) is 9.29 Å². The van der Waals surface area contributed by atoms with Crippen molar-refractivity contribution < 1.29 is 13.2 Å². The molecular weight excluding hydrogens is 474 g/mol. The van der Waals surface area contributed by atoms with Crippen LogP contribution in [0.15, 0.2) is 57.2 Å². The Balaban J connectivity index is 1.81. The van der Waals surface area contributed by atoms with E-state index in [1.54, 1.807) is 12.1 Å². The van der Waals surface area contributed by atoms with Gasteiger partial charge in [-0.05, 0) is 46.1 Å². The van der Waals surface area contributed by atoms with Crippen molar-refractivity contribution in [2.45, 2.75) is 18.2 Å². The van der Waals surface area contributed by atoms with Crippen molar-refractivity contribution in [3.8, 4) is 11.3 Å². The number of nitrogens with one attached hydrogen (secondary N) is 1. The molecule has 0 radical (unpaired) electrons. The second-order valence-electron chi connectivity index (χ2n) is 6.48. The van der Waals surface area contributed by atoms with E-state index in [0.29, 0.717) is 9.60 Å². The third-order valence-corrected chi connectivity index (χ3v) is 7.90.